The number of nitrogens with zero attached hydrogens (tertiary/aromatic N) is 2. The van der Waals surface area contributed by atoms with E-state index in [1.807, 2.05) is 42.7 Å². The Morgan fingerprint density at radius 2 is 1.69 bits per heavy atom. The van der Waals surface area contributed by atoms with Gasteiger partial charge >= 0.3 is 0 Å². The summed E-state index contributed by atoms with van der Waals surface area (Å²) in [6, 6.07) is 20.4. The topological polar surface area (TPSA) is 59.0 Å². The number of hydrogen-bond acceptors (Lipinski definition) is 3. The van der Waals surface area contributed by atoms with Crippen LogP contribution in [0.25, 0.3) is 22.5 Å². The van der Waals surface area contributed by atoms with Crippen LogP contribution in [0, 0.1) is 0 Å². The lowest BCUT2D eigenvalue weighted by molar-refractivity contribution is -0.122. The van der Waals surface area contributed by atoms with Gasteiger partial charge in [-0.25, -0.2) is 4.98 Å². The average molecular weight is 386 g/mol. The molecule has 0 saturated heterocycles. The summed E-state index contributed by atoms with van der Waals surface area (Å²) in [5, 5.41) is 0. The van der Waals surface area contributed by atoms with E-state index in [1.54, 1.807) is 0 Å². The molecule has 5 heteroatoms. The highest BCUT2D eigenvalue weighted by atomic mass is 16.2. The summed E-state index contributed by atoms with van der Waals surface area (Å²) in [4.78, 5) is 17.0. The minimum Gasteiger partial charge on any atom is -0.330 e. The van der Waals surface area contributed by atoms with E-state index in [4.69, 9.17) is 0 Å². The Morgan fingerprint density at radius 1 is 0.966 bits per heavy atom. The highest BCUT2D eigenvalue weighted by Crippen LogP contribution is 2.31. The van der Waals surface area contributed by atoms with Gasteiger partial charge in [0.05, 0.1) is 17.7 Å². The van der Waals surface area contributed by atoms with Crippen LogP contribution in [0.2, 0.25) is 0 Å². The van der Waals surface area contributed by atoms with Crippen molar-refractivity contribution in [2.24, 2.45) is 0 Å². The van der Waals surface area contributed by atoms with Gasteiger partial charge in [0.1, 0.15) is 0 Å². The van der Waals surface area contributed by atoms with E-state index >= 15 is 0 Å². The summed E-state index contributed by atoms with van der Waals surface area (Å²) in [5.74, 6) is -0.0227. The lowest BCUT2D eigenvalue weighted by Crippen LogP contribution is -2.37. The molecule has 1 heterocycles. The van der Waals surface area contributed by atoms with Gasteiger partial charge in [-0.05, 0) is 25.7 Å². The Balaban J connectivity index is 1.49. The van der Waals surface area contributed by atoms with E-state index < -0.39 is 0 Å². The molecule has 0 unspecified atom stereocenters. The van der Waals surface area contributed by atoms with Crippen LogP contribution < -0.4 is 10.9 Å². The van der Waals surface area contributed by atoms with E-state index in [0.717, 1.165) is 41.1 Å². The predicted molar refractivity (Wildman–Crippen MR) is 116 cm³/mol. The molecule has 0 atom stereocenters. The maximum absolute atomic E-state index is 12.3. The molecule has 148 valence electrons. The summed E-state index contributed by atoms with van der Waals surface area (Å²) in [5.41, 5.74) is 11.1. The number of amides is 1. The van der Waals surface area contributed by atoms with Crippen molar-refractivity contribution in [1.29, 1.82) is 0 Å². The Bertz CT molecular complexity index is 977. The molecule has 0 radical (unpaired) electrons. The van der Waals surface area contributed by atoms with Crippen LogP contribution in [0.3, 0.4) is 0 Å². The Kier molecular flexibility index (Phi) is 6.05. The first kappa shape index (κ1) is 19.0. The van der Waals surface area contributed by atoms with Gasteiger partial charge in [0.15, 0.2) is 0 Å². The molecule has 0 spiro atoms. The van der Waals surface area contributed by atoms with Gasteiger partial charge in [0.2, 0.25) is 5.91 Å². The third kappa shape index (κ3) is 4.74. The van der Waals surface area contributed by atoms with Crippen LogP contribution in [0.1, 0.15) is 32.1 Å². The number of nitrogens with one attached hydrogen (secondary N) is 2. The highest BCUT2D eigenvalue weighted by Gasteiger charge is 2.15. The fraction of sp³-hybridized carbons (Fsp3) is 0.250. The van der Waals surface area contributed by atoms with Crippen molar-refractivity contribution in [2.45, 2.75) is 38.6 Å². The minimum atomic E-state index is -0.0227. The van der Waals surface area contributed by atoms with Crippen molar-refractivity contribution >= 4 is 5.91 Å². The monoisotopic (exact) mass is 386 g/mol. The molecular formula is C24H26N4O. The Labute approximate surface area is 171 Å². The molecule has 0 saturated carbocycles. The fourth-order valence-electron chi connectivity index (χ4n) is 3.64. The first-order valence-corrected chi connectivity index (χ1v) is 10.2. The number of carbonyl (C=O) groups excluding carboxylic acids is 1. The maximum Gasteiger partial charge on any atom is 0.240 e. The van der Waals surface area contributed by atoms with Crippen LogP contribution >= 0.6 is 0 Å². The van der Waals surface area contributed by atoms with Gasteiger partial charge in [0, 0.05) is 29.8 Å². The van der Waals surface area contributed by atoms with Gasteiger partial charge in [-0.2, -0.15) is 0 Å². The summed E-state index contributed by atoms with van der Waals surface area (Å²) in [6.45, 7) is 0.566. The normalized spacial score (nSPS) is 13.6. The number of aryl methyl sites for hydroxylation is 1. The molecule has 1 amide bonds. The number of hydrazine groups is 1. The second-order valence-corrected chi connectivity index (χ2v) is 7.27. The second-order valence-electron chi connectivity index (χ2n) is 7.27. The molecule has 2 N–H and O–H groups in total. The highest BCUT2D eigenvalue weighted by molar-refractivity contribution is 5.79. The first-order chi connectivity index (χ1) is 14.3. The van der Waals surface area contributed by atoms with Gasteiger partial charge in [-0.3, -0.25) is 10.2 Å². The molecule has 0 bridgehead atoms. The molecule has 2 aromatic carbocycles. The largest absolute Gasteiger partial charge is 0.330 e. The van der Waals surface area contributed by atoms with Crippen molar-refractivity contribution in [3.8, 4) is 22.5 Å². The molecule has 29 heavy (non-hydrogen) atoms. The Hall–Kier alpha value is -3.34. The van der Waals surface area contributed by atoms with Crippen LogP contribution in [-0.2, 0) is 11.3 Å². The number of allylic oxidation sites excluding steroid dienone is 2. The van der Waals surface area contributed by atoms with Gasteiger partial charge in [-0.1, -0.05) is 66.7 Å². The van der Waals surface area contributed by atoms with Crippen LogP contribution in [0.15, 0.2) is 78.8 Å². The van der Waals surface area contributed by atoms with E-state index in [-0.39, 0.29) is 5.91 Å². The number of hydrogen-bond donors (Lipinski definition) is 2. The SMILES string of the molecule is O=C(CCn1cnc(-c2ccccc2)c1-c1ccccc1)NNC1=CCCCC1. The van der Waals surface area contributed by atoms with Crippen molar-refractivity contribution < 1.29 is 4.79 Å². The number of imidazole rings is 1. The lowest BCUT2D eigenvalue weighted by atomic mass is 10.0. The van der Waals surface area contributed by atoms with Crippen molar-refractivity contribution in [1.82, 2.24) is 20.4 Å². The van der Waals surface area contributed by atoms with E-state index in [2.05, 4.69) is 50.7 Å². The molecule has 0 fully saturated rings. The zero-order chi connectivity index (χ0) is 19.9. The molecular weight excluding hydrogens is 360 g/mol. The molecule has 5 nitrogen and oxygen atoms in total. The zero-order valence-electron chi connectivity index (χ0n) is 16.5. The maximum atomic E-state index is 12.3. The van der Waals surface area contributed by atoms with Crippen molar-refractivity contribution in [3.63, 3.8) is 0 Å². The number of benzene rings is 2. The molecule has 0 aliphatic heterocycles. The lowest BCUT2D eigenvalue weighted by Gasteiger charge is -2.16. The number of aromatic nitrogens is 2. The van der Waals surface area contributed by atoms with Crippen LogP contribution in [-0.4, -0.2) is 15.5 Å². The summed E-state index contributed by atoms with van der Waals surface area (Å²) < 4.78 is 2.07. The van der Waals surface area contributed by atoms with Crippen molar-refractivity contribution in [3.05, 3.63) is 78.8 Å². The molecule has 4 rings (SSSR count). The minimum absolute atomic E-state index is 0.0227. The standard InChI is InChI=1S/C24H26N4O/c29-22(27-26-21-14-8-3-9-15-21)16-17-28-18-25-23(19-10-4-1-5-11-19)24(28)20-12-6-2-7-13-20/h1-2,4-7,10-14,18,26H,3,8-9,15-17H2,(H,27,29). The van der Waals surface area contributed by atoms with Gasteiger partial charge in [-0.15, -0.1) is 0 Å². The van der Waals surface area contributed by atoms with Crippen LogP contribution in [0.5, 0.6) is 0 Å². The summed E-state index contributed by atoms with van der Waals surface area (Å²) >= 11 is 0. The molecule has 3 aromatic rings. The number of rotatable bonds is 7. The van der Waals surface area contributed by atoms with Crippen LogP contribution in [0.4, 0.5) is 0 Å². The third-order valence-corrected chi connectivity index (χ3v) is 5.17. The van der Waals surface area contributed by atoms with E-state index in [9.17, 15) is 4.79 Å². The average Bonchev–Trinajstić information content (AvgIpc) is 3.22. The summed E-state index contributed by atoms with van der Waals surface area (Å²) in [6.07, 6.45) is 8.85. The third-order valence-electron chi connectivity index (χ3n) is 5.17. The summed E-state index contributed by atoms with van der Waals surface area (Å²) in [7, 11) is 0. The fourth-order valence-corrected chi connectivity index (χ4v) is 3.64. The second kappa shape index (κ2) is 9.24. The smallest absolute Gasteiger partial charge is 0.240 e. The molecule has 1 aliphatic carbocycles. The zero-order valence-corrected chi connectivity index (χ0v) is 16.5. The number of carbonyl (C=O) groups is 1. The quantitative estimate of drug-likeness (QED) is 0.579. The molecule has 1 aromatic heterocycles. The van der Waals surface area contributed by atoms with E-state index in [0.29, 0.717) is 13.0 Å². The van der Waals surface area contributed by atoms with Gasteiger partial charge in [0.25, 0.3) is 0 Å². The van der Waals surface area contributed by atoms with Crippen molar-refractivity contribution in [2.75, 3.05) is 0 Å². The molecule has 1 aliphatic rings. The predicted octanol–water partition coefficient (Wildman–Crippen LogP) is 4.69. The van der Waals surface area contributed by atoms with Gasteiger partial charge < -0.3 is 9.99 Å². The Morgan fingerprint density at radius 3 is 2.38 bits per heavy atom. The first-order valence-electron chi connectivity index (χ1n) is 10.2. The van der Waals surface area contributed by atoms with E-state index in [1.165, 1.54) is 12.8 Å².